The molecule has 1 saturated heterocycles. The molecule has 1 amide bonds. The van der Waals surface area contributed by atoms with Crippen LogP contribution in [0.3, 0.4) is 0 Å². The molecule has 2 aliphatic rings. The van der Waals surface area contributed by atoms with E-state index < -0.39 is 5.54 Å². The van der Waals surface area contributed by atoms with Crippen molar-refractivity contribution < 1.29 is 14.3 Å². The molecule has 0 aliphatic carbocycles. The first-order valence-corrected chi connectivity index (χ1v) is 6.61. The summed E-state index contributed by atoms with van der Waals surface area (Å²) in [6.45, 7) is 1.80. The molecule has 3 N–H and O–H groups in total. The van der Waals surface area contributed by atoms with Crippen molar-refractivity contribution in [3.63, 3.8) is 0 Å². The highest BCUT2D eigenvalue weighted by Crippen LogP contribution is 2.28. The van der Waals surface area contributed by atoms with Crippen LogP contribution < -0.4 is 15.8 Å². The van der Waals surface area contributed by atoms with E-state index in [9.17, 15) is 4.79 Å². The SMILES string of the molecule is NC1(C(=O)Nc2ccc3c(c2)CCO3)CCOCC1. The summed E-state index contributed by atoms with van der Waals surface area (Å²) in [5, 5.41) is 2.91. The fraction of sp³-hybridized carbons (Fsp3) is 0.500. The maximum Gasteiger partial charge on any atom is 0.244 e. The second-order valence-corrected chi connectivity index (χ2v) is 5.14. The number of carbonyl (C=O) groups is 1. The zero-order valence-corrected chi connectivity index (χ0v) is 10.8. The highest BCUT2D eigenvalue weighted by atomic mass is 16.5. The van der Waals surface area contributed by atoms with E-state index in [0.29, 0.717) is 32.7 Å². The lowest BCUT2D eigenvalue weighted by Crippen LogP contribution is -2.54. The number of nitrogens with two attached hydrogens (primary N) is 1. The predicted octanol–water partition coefficient (Wildman–Crippen LogP) is 1.07. The Bertz CT molecular complexity index is 495. The van der Waals surface area contributed by atoms with E-state index in [4.69, 9.17) is 15.2 Å². The van der Waals surface area contributed by atoms with Crippen LogP contribution in [-0.2, 0) is 16.0 Å². The lowest BCUT2D eigenvalue weighted by molar-refractivity contribution is -0.124. The summed E-state index contributed by atoms with van der Waals surface area (Å²) in [7, 11) is 0. The molecule has 2 aliphatic heterocycles. The van der Waals surface area contributed by atoms with Crippen molar-refractivity contribution in [1.29, 1.82) is 0 Å². The Morgan fingerprint density at radius 2 is 2.05 bits per heavy atom. The zero-order valence-electron chi connectivity index (χ0n) is 10.8. The Balaban J connectivity index is 1.72. The van der Waals surface area contributed by atoms with E-state index in [2.05, 4.69) is 5.32 Å². The molecular weight excluding hydrogens is 244 g/mol. The van der Waals surface area contributed by atoms with Gasteiger partial charge < -0.3 is 20.5 Å². The third-order valence-corrected chi connectivity index (χ3v) is 3.78. The maximum atomic E-state index is 12.3. The van der Waals surface area contributed by atoms with Crippen molar-refractivity contribution in [2.75, 3.05) is 25.1 Å². The minimum absolute atomic E-state index is 0.130. The summed E-state index contributed by atoms with van der Waals surface area (Å²) in [6.07, 6.45) is 2.01. The van der Waals surface area contributed by atoms with Crippen molar-refractivity contribution in [2.24, 2.45) is 5.73 Å². The van der Waals surface area contributed by atoms with Crippen LogP contribution in [0.15, 0.2) is 18.2 Å². The smallest absolute Gasteiger partial charge is 0.244 e. The van der Waals surface area contributed by atoms with Crippen LogP contribution in [0.4, 0.5) is 5.69 Å². The molecule has 0 unspecified atom stereocenters. The minimum Gasteiger partial charge on any atom is -0.493 e. The van der Waals surface area contributed by atoms with E-state index >= 15 is 0 Å². The van der Waals surface area contributed by atoms with Gasteiger partial charge in [-0.3, -0.25) is 4.79 Å². The molecule has 102 valence electrons. The first kappa shape index (κ1) is 12.4. The molecule has 0 radical (unpaired) electrons. The lowest BCUT2D eigenvalue weighted by Gasteiger charge is -2.31. The fourth-order valence-electron chi connectivity index (χ4n) is 2.48. The van der Waals surface area contributed by atoms with Crippen LogP contribution in [0.1, 0.15) is 18.4 Å². The first-order valence-electron chi connectivity index (χ1n) is 6.61. The molecule has 0 bridgehead atoms. The highest BCUT2D eigenvalue weighted by Gasteiger charge is 2.36. The molecule has 5 heteroatoms. The van der Waals surface area contributed by atoms with Crippen LogP contribution in [0.25, 0.3) is 0 Å². The van der Waals surface area contributed by atoms with Gasteiger partial charge in [-0.1, -0.05) is 0 Å². The first-order chi connectivity index (χ1) is 9.17. The van der Waals surface area contributed by atoms with E-state index in [0.717, 1.165) is 23.4 Å². The fourth-order valence-corrected chi connectivity index (χ4v) is 2.48. The van der Waals surface area contributed by atoms with Gasteiger partial charge in [-0.15, -0.1) is 0 Å². The predicted molar refractivity (Wildman–Crippen MR) is 71.2 cm³/mol. The third-order valence-electron chi connectivity index (χ3n) is 3.78. The van der Waals surface area contributed by atoms with E-state index in [1.165, 1.54) is 0 Å². The third kappa shape index (κ3) is 2.43. The number of amides is 1. The van der Waals surface area contributed by atoms with Gasteiger partial charge in [-0.05, 0) is 36.6 Å². The van der Waals surface area contributed by atoms with Gasteiger partial charge in [0.15, 0.2) is 0 Å². The van der Waals surface area contributed by atoms with Gasteiger partial charge in [0.05, 0.1) is 6.61 Å². The quantitative estimate of drug-likeness (QED) is 0.836. The number of ether oxygens (including phenoxy) is 2. The number of hydrogen-bond acceptors (Lipinski definition) is 4. The second-order valence-electron chi connectivity index (χ2n) is 5.14. The minimum atomic E-state index is -0.812. The average Bonchev–Trinajstić information content (AvgIpc) is 2.87. The molecule has 0 aromatic heterocycles. The number of fused-ring (bicyclic) bond motifs is 1. The van der Waals surface area contributed by atoms with Crippen molar-refractivity contribution in [3.8, 4) is 5.75 Å². The average molecular weight is 262 g/mol. The van der Waals surface area contributed by atoms with Crippen LogP contribution in [0.5, 0.6) is 5.75 Å². The summed E-state index contributed by atoms with van der Waals surface area (Å²) in [5.74, 6) is 0.779. The van der Waals surface area contributed by atoms with Gasteiger partial charge in [-0.2, -0.15) is 0 Å². The molecule has 1 aromatic rings. The molecule has 2 heterocycles. The van der Waals surface area contributed by atoms with Gasteiger partial charge in [0, 0.05) is 25.3 Å². The van der Waals surface area contributed by atoms with Crippen LogP contribution in [-0.4, -0.2) is 31.3 Å². The van der Waals surface area contributed by atoms with Crippen molar-refractivity contribution >= 4 is 11.6 Å². The van der Waals surface area contributed by atoms with E-state index in [-0.39, 0.29) is 5.91 Å². The molecular formula is C14H18N2O3. The Labute approximate surface area is 112 Å². The Morgan fingerprint density at radius 3 is 2.84 bits per heavy atom. The second kappa shape index (κ2) is 4.83. The molecule has 1 fully saturated rings. The zero-order chi connectivity index (χ0) is 13.3. The molecule has 19 heavy (non-hydrogen) atoms. The van der Waals surface area contributed by atoms with Crippen LogP contribution >= 0.6 is 0 Å². The Hall–Kier alpha value is -1.59. The number of benzene rings is 1. The number of hydrogen-bond donors (Lipinski definition) is 2. The molecule has 0 atom stereocenters. The summed E-state index contributed by atoms with van der Waals surface area (Å²) in [5.41, 5.74) is 7.25. The van der Waals surface area contributed by atoms with Crippen LogP contribution in [0.2, 0.25) is 0 Å². The van der Waals surface area contributed by atoms with Gasteiger partial charge in [0.1, 0.15) is 11.3 Å². The summed E-state index contributed by atoms with van der Waals surface area (Å²) < 4.78 is 10.7. The number of nitrogens with one attached hydrogen (secondary N) is 1. The summed E-state index contributed by atoms with van der Waals surface area (Å²) >= 11 is 0. The molecule has 1 aromatic carbocycles. The van der Waals surface area contributed by atoms with Crippen molar-refractivity contribution in [2.45, 2.75) is 24.8 Å². The topological polar surface area (TPSA) is 73.6 Å². The number of rotatable bonds is 2. The Kier molecular flexibility index (Phi) is 3.16. The van der Waals surface area contributed by atoms with Crippen LogP contribution in [0, 0.1) is 0 Å². The molecule has 5 nitrogen and oxygen atoms in total. The van der Waals surface area contributed by atoms with E-state index in [1.807, 2.05) is 18.2 Å². The highest BCUT2D eigenvalue weighted by molar-refractivity contribution is 5.98. The molecule has 0 spiro atoms. The summed E-state index contributed by atoms with van der Waals surface area (Å²) in [4.78, 5) is 12.3. The maximum absolute atomic E-state index is 12.3. The summed E-state index contributed by atoms with van der Waals surface area (Å²) in [6, 6.07) is 5.71. The normalized spacial score (nSPS) is 20.5. The number of carbonyl (C=O) groups excluding carboxylic acids is 1. The van der Waals surface area contributed by atoms with Crippen molar-refractivity contribution in [1.82, 2.24) is 0 Å². The largest absolute Gasteiger partial charge is 0.493 e. The monoisotopic (exact) mass is 262 g/mol. The van der Waals surface area contributed by atoms with Gasteiger partial charge in [0.25, 0.3) is 0 Å². The number of anilines is 1. The van der Waals surface area contributed by atoms with E-state index in [1.54, 1.807) is 0 Å². The lowest BCUT2D eigenvalue weighted by atomic mass is 9.90. The van der Waals surface area contributed by atoms with Crippen molar-refractivity contribution in [3.05, 3.63) is 23.8 Å². The molecule has 3 rings (SSSR count). The van der Waals surface area contributed by atoms with Gasteiger partial charge in [0.2, 0.25) is 5.91 Å². The Morgan fingerprint density at radius 1 is 1.26 bits per heavy atom. The van der Waals surface area contributed by atoms with Gasteiger partial charge >= 0.3 is 0 Å². The standard InChI is InChI=1S/C14H18N2O3/c15-14(4-7-18-8-5-14)13(17)16-11-1-2-12-10(9-11)3-6-19-12/h1-2,9H,3-8,15H2,(H,16,17). The van der Waals surface area contributed by atoms with Gasteiger partial charge in [-0.25, -0.2) is 0 Å². The molecule has 0 saturated carbocycles.